The molecular formula is C12H13N3. The number of nitrogen functional groups attached to an aromatic ring is 1. The van der Waals surface area contributed by atoms with Crippen molar-refractivity contribution in [2.45, 2.75) is 6.54 Å². The van der Waals surface area contributed by atoms with Gasteiger partial charge in [0, 0.05) is 17.7 Å². The summed E-state index contributed by atoms with van der Waals surface area (Å²) in [4.78, 5) is 4.31. The van der Waals surface area contributed by atoms with Crippen LogP contribution in [0.2, 0.25) is 0 Å². The molecule has 0 aliphatic carbocycles. The van der Waals surface area contributed by atoms with Crippen molar-refractivity contribution in [3.05, 3.63) is 48.0 Å². The number of nitrogens with two attached hydrogens (primary N) is 2. The van der Waals surface area contributed by atoms with Gasteiger partial charge in [0.25, 0.3) is 0 Å². The van der Waals surface area contributed by atoms with E-state index in [1.165, 1.54) is 0 Å². The van der Waals surface area contributed by atoms with Crippen molar-refractivity contribution in [1.82, 2.24) is 4.98 Å². The summed E-state index contributed by atoms with van der Waals surface area (Å²) < 4.78 is 0. The van der Waals surface area contributed by atoms with E-state index < -0.39 is 0 Å². The Labute approximate surface area is 88.8 Å². The molecular weight excluding hydrogens is 186 g/mol. The monoisotopic (exact) mass is 199 g/mol. The molecule has 0 amide bonds. The molecule has 0 aliphatic heterocycles. The van der Waals surface area contributed by atoms with Gasteiger partial charge in [-0.15, -0.1) is 0 Å². The first kappa shape index (κ1) is 9.68. The van der Waals surface area contributed by atoms with Crippen LogP contribution < -0.4 is 11.5 Å². The average molecular weight is 199 g/mol. The Morgan fingerprint density at radius 2 is 1.73 bits per heavy atom. The Morgan fingerprint density at radius 1 is 1.00 bits per heavy atom. The number of rotatable bonds is 2. The highest BCUT2D eigenvalue weighted by Gasteiger charge is 2.02. The minimum atomic E-state index is 0.425. The van der Waals surface area contributed by atoms with Crippen LogP contribution in [0, 0.1) is 0 Å². The molecule has 0 saturated carbocycles. The number of hydrogen-bond acceptors (Lipinski definition) is 3. The Morgan fingerprint density at radius 3 is 2.33 bits per heavy atom. The van der Waals surface area contributed by atoms with E-state index in [0.717, 1.165) is 16.8 Å². The predicted octanol–water partition coefficient (Wildman–Crippen LogP) is 1.79. The summed E-state index contributed by atoms with van der Waals surface area (Å²) in [5.41, 5.74) is 14.1. The Hall–Kier alpha value is -1.87. The molecule has 3 heteroatoms. The van der Waals surface area contributed by atoms with E-state index in [1.807, 2.05) is 42.5 Å². The first-order valence-electron chi connectivity index (χ1n) is 4.82. The van der Waals surface area contributed by atoms with Crippen molar-refractivity contribution in [2.24, 2.45) is 5.73 Å². The van der Waals surface area contributed by atoms with Crippen molar-refractivity contribution in [3.63, 3.8) is 0 Å². The van der Waals surface area contributed by atoms with Crippen LogP contribution in [-0.2, 0) is 6.54 Å². The van der Waals surface area contributed by atoms with Crippen LogP contribution >= 0.6 is 0 Å². The van der Waals surface area contributed by atoms with E-state index in [4.69, 9.17) is 11.5 Å². The minimum absolute atomic E-state index is 0.425. The zero-order chi connectivity index (χ0) is 10.7. The van der Waals surface area contributed by atoms with Crippen molar-refractivity contribution in [2.75, 3.05) is 5.73 Å². The maximum absolute atomic E-state index is 5.78. The molecule has 0 fully saturated rings. The Kier molecular flexibility index (Phi) is 2.65. The second kappa shape index (κ2) is 4.11. The van der Waals surface area contributed by atoms with Gasteiger partial charge >= 0.3 is 0 Å². The van der Waals surface area contributed by atoms with Gasteiger partial charge in [0.1, 0.15) is 5.82 Å². The highest BCUT2D eigenvalue weighted by atomic mass is 14.8. The quantitative estimate of drug-likeness (QED) is 0.775. The molecule has 0 radical (unpaired) electrons. The molecule has 1 aromatic heterocycles. The molecule has 0 unspecified atom stereocenters. The fraction of sp³-hybridized carbons (Fsp3) is 0.0833. The normalized spacial score (nSPS) is 10.2. The van der Waals surface area contributed by atoms with Gasteiger partial charge in [-0.25, -0.2) is 4.98 Å². The van der Waals surface area contributed by atoms with Crippen LogP contribution in [0.3, 0.4) is 0 Å². The minimum Gasteiger partial charge on any atom is -0.383 e. The number of pyridine rings is 1. The molecule has 0 aliphatic rings. The Bertz CT molecular complexity index is 452. The van der Waals surface area contributed by atoms with E-state index in [9.17, 15) is 0 Å². The summed E-state index contributed by atoms with van der Waals surface area (Å²) >= 11 is 0. The van der Waals surface area contributed by atoms with Crippen LogP contribution in [0.15, 0.2) is 42.5 Å². The SMILES string of the molecule is NCc1ccc(-c2ccccc2)nc1N. The third-order valence-electron chi connectivity index (χ3n) is 2.30. The smallest absolute Gasteiger partial charge is 0.128 e. The molecule has 1 heterocycles. The van der Waals surface area contributed by atoms with Gasteiger partial charge in [-0.2, -0.15) is 0 Å². The van der Waals surface area contributed by atoms with Gasteiger partial charge in [-0.3, -0.25) is 0 Å². The molecule has 2 aromatic rings. The first-order valence-corrected chi connectivity index (χ1v) is 4.82. The zero-order valence-electron chi connectivity index (χ0n) is 8.35. The molecule has 15 heavy (non-hydrogen) atoms. The highest BCUT2D eigenvalue weighted by molar-refractivity contribution is 5.61. The fourth-order valence-corrected chi connectivity index (χ4v) is 1.45. The molecule has 0 saturated heterocycles. The fourth-order valence-electron chi connectivity index (χ4n) is 1.45. The van der Waals surface area contributed by atoms with Crippen molar-refractivity contribution < 1.29 is 0 Å². The van der Waals surface area contributed by atoms with Gasteiger partial charge in [0.05, 0.1) is 5.69 Å². The second-order valence-corrected chi connectivity index (χ2v) is 3.31. The maximum Gasteiger partial charge on any atom is 0.128 e. The third kappa shape index (κ3) is 1.97. The molecule has 0 spiro atoms. The lowest BCUT2D eigenvalue weighted by atomic mass is 10.1. The summed E-state index contributed by atoms with van der Waals surface area (Å²) in [6.07, 6.45) is 0. The number of anilines is 1. The lowest BCUT2D eigenvalue weighted by molar-refractivity contribution is 1.06. The van der Waals surface area contributed by atoms with Gasteiger partial charge in [0.15, 0.2) is 0 Å². The molecule has 3 nitrogen and oxygen atoms in total. The Balaban J connectivity index is 2.43. The molecule has 2 rings (SSSR count). The molecule has 1 aromatic carbocycles. The lowest BCUT2D eigenvalue weighted by Gasteiger charge is -2.05. The van der Waals surface area contributed by atoms with Crippen LogP contribution in [0.1, 0.15) is 5.56 Å². The van der Waals surface area contributed by atoms with Crippen molar-refractivity contribution in [1.29, 1.82) is 0 Å². The maximum atomic E-state index is 5.78. The number of aromatic nitrogens is 1. The van der Waals surface area contributed by atoms with E-state index in [2.05, 4.69) is 4.98 Å². The van der Waals surface area contributed by atoms with E-state index in [1.54, 1.807) is 0 Å². The van der Waals surface area contributed by atoms with Crippen molar-refractivity contribution >= 4 is 5.82 Å². The van der Waals surface area contributed by atoms with Crippen LogP contribution in [0.25, 0.3) is 11.3 Å². The number of benzene rings is 1. The van der Waals surface area contributed by atoms with E-state index in [-0.39, 0.29) is 0 Å². The van der Waals surface area contributed by atoms with Crippen molar-refractivity contribution in [3.8, 4) is 11.3 Å². The predicted molar refractivity (Wildman–Crippen MR) is 62.0 cm³/mol. The molecule has 0 bridgehead atoms. The van der Waals surface area contributed by atoms with Gasteiger partial charge in [0.2, 0.25) is 0 Å². The summed E-state index contributed by atoms with van der Waals surface area (Å²) in [6.45, 7) is 0.425. The third-order valence-corrected chi connectivity index (χ3v) is 2.30. The van der Waals surface area contributed by atoms with Gasteiger partial charge in [-0.05, 0) is 6.07 Å². The van der Waals surface area contributed by atoms with Gasteiger partial charge in [-0.1, -0.05) is 36.4 Å². The number of hydrogen-bond donors (Lipinski definition) is 2. The summed E-state index contributed by atoms with van der Waals surface area (Å²) in [5, 5.41) is 0. The van der Waals surface area contributed by atoms with Crippen LogP contribution in [-0.4, -0.2) is 4.98 Å². The molecule has 76 valence electrons. The second-order valence-electron chi connectivity index (χ2n) is 3.31. The highest BCUT2D eigenvalue weighted by Crippen LogP contribution is 2.19. The largest absolute Gasteiger partial charge is 0.383 e. The molecule has 0 atom stereocenters. The summed E-state index contributed by atoms with van der Waals surface area (Å²) in [6, 6.07) is 13.8. The summed E-state index contributed by atoms with van der Waals surface area (Å²) in [7, 11) is 0. The average Bonchev–Trinajstić information content (AvgIpc) is 2.30. The standard InChI is InChI=1S/C12H13N3/c13-8-10-6-7-11(15-12(10)14)9-4-2-1-3-5-9/h1-7H,8,13H2,(H2,14,15). The lowest BCUT2D eigenvalue weighted by Crippen LogP contribution is -2.03. The summed E-state index contributed by atoms with van der Waals surface area (Å²) in [5.74, 6) is 0.513. The van der Waals surface area contributed by atoms with Crippen LogP contribution in [0.4, 0.5) is 5.82 Å². The van der Waals surface area contributed by atoms with E-state index in [0.29, 0.717) is 12.4 Å². The van der Waals surface area contributed by atoms with E-state index >= 15 is 0 Å². The number of nitrogens with zero attached hydrogens (tertiary/aromatic N) is 1. The molecule has 4 N–H and O–H groups in total. The zero-order valence-corrected chi connectivity index (χ0v) is 8.35. The van der Waals surface area contributed by atoms with Crippen LogP contribution in [0.5, 0.6) is 0 Å². The first-order chi connectivity index (χ1) is 7.31. The van der Waals surface area contributed by atoms with Gasteiger partial charge < -0.3 is 11.5 Å². The topological polar surface area (TPSA) is 64.9 Å².